The van der Waals surface area contributed by atoms with Gasteiger partial charge in [0.05, 0.1) is 5.56 Å². The molecule has 2 saturated heterocycles. The van der Waals surface area contributed by atoms with Crippen LogP contribution >= 0.6 is 11.8 Å². The van der Waals surface area contributed by atoms with E-state index in [0.717, 1.165) is 67.6 Å². The van der Waals surface area contributed by atoms with E-state index in [0.29, 0.717) is 5.92 Å². The number of nitrogens with one attached hydrogen (secondary N) is 2. The van der Waals surface area contributed by atoms with Crippen molar-refractivity contribution in [2.75, 3.05) is 32.1 Å². The molecule has 0 spiro atoms. The number of aromatic nitrogens is 1. The van der Waals surface area contributed by atoms with Gasteiger partial charge in [-0.25, -0.2) is 4.98 Å². The third-order valence-electron chi connectivity index (χ3n) is 4.84. The lowest BCUT2D eigenvalue weighted by Gasteiger charge is -2.25. The van der Waals surface area contributed by atoms with E-state index in [1.54, 1.807) is 11.8 Å². The molecule has 1 unspecified atom stereocenters. The first-order valence-electron chi connectivity index (χ1n) is 9.51. The standard InChI is InChI=1S/C19H29N3O2S/c1-2-12-25-19-16(18(23)21-15-7-10-24-11-8-15)5-6-17(22-19)14-4-3-9-20-13-14/h5-6,14-15,20H,2-4,7-13H2,1H3,(H,21,23). The first kappa shape index (κ1) is 18.7. The molecule has 25 heavy (non-hydrogen) atoms. The fourth-order valence-electron chi connectivity index (χ4n) is 3.37. The molecule has 6 heteroatoms. The third kappa shape index (κ3) is 5.19. The number of thioether (sulfide) groups is 1. The molecule has 1 atom stereocenters. The number of hydrogen-bond donors (Lipinski definition) is 2. The molecule has 5 nitrogen and oxygen atoms in total. The molecule has 3 heterocycles. The van der Waals surface area contributed by atoms with Gasteiger partial charge in [-0.15, -0.1) is 11.8 Å². The molecule has 0 bridgehead atoms. The third-order valence-corrected chi connectivity index (χ3v) is 6.04. The minimum Gasteiger partial charge on any atom is -0.381 e. The summed E-state index contributed by atoms with van der Waals surface area (Å²) in [6.45, 7) is 5.70. The number of hydrogen-bond acceptors (Lipinski definition) is 5. The smallest absolute Gasteiger partial charge is 0.254 e. The highest BCUT2D eigenvalue weighted by atomic mass is 32.2. The monoisotopic (exact) mass is 363 g/mol. The molecule has 2 aliphatic heterocycles. The van der Waals surface area contributed by atoms with Crippen LogP contribution in [0, 0.1) is 0 Å². The van der Waals surface area contributed by atoms with Gasteiger partial charge in [0.1, 0.15) is 5.03 Å². The summed E-state index contributed by atoms with van der Waals surface area (Å²) in [5.41, 5.74) is 1.84. The number of ether oxygens (including phenoxy) is 1. The quantitative estimate of drug-likeness (QED) is 0.761. The molecule has 138 valence electrons. The molecule has 1 amide bonds. The topological polar surface area (TPSA) is 63.2 Å². The molecule has 0 aliphatic carbocycles. The molecule has 1 aromatic rings. The number of amides is 1. The Bertz CT molecular complexity index is 570. The van der Waals surface area contributed by atoms with Crippen molar-refractivity contribution < 1.29 is 9.53 Å². The van der Waals surface area contributed by atoms with Crippen LogP contribution in [-0.2, 0) is 4.74 Å². The molecule has 0 radical (unpaired) electrons. The van der Waals surface area contributed by atoms with Gasteiger partial charge in [0.15, 0.2) is 0 Å². The normalized spacial score (nSPS) is 21.9. The lowest BCUT2D eigenvalue weighted by atomic mass is 9.95. The van der Waals surface area contributed by atoms with Gasteiger partial charge in [-0.05, 0) is 56.5 Å². The van der Waals surface area contributed by atoms with E-state index in [1.165, 1.54) is 12.8 Å². The second-order valence-electron chi connectivity index (χ2n) is 6.84. The van der Waals surface area contributed by atoms with Crippen LogP contribution in [0.4, 0.5) is 0 Å². The van der Waals surface area contributed by atoms with E-state index < -0.39 is 0 Å². The first-order valence-corrected chi connectivity index (χ1v) is 10.5. The average molecular weight is 364 g/mol. The number of piperidine rings is 1. The van der Waals surface area contributed by atoms with E-state index in [4.69, 9.17) is 9.72 Å². The second kappa shape index (κ2) is 9.55. The maximum absolute atomic E-state index is 12.8. The zero-order chi connectivity index (χ0) is 17.5. The zero-order valence-corrected chi connectivity index (χ0v) is 15.9. The minimum atomic E-state index is 0.00585. The van der Waals surface area contributed by atoms with Crippen LogP contribution in [0.15, 0.2) is 17.2 Å². The van der Waals surface area contributed by atoms with Crippen LogP contribution in [0.2, 0.25) is 0 Å². The Morgan fingerprint density at radius 2 is 2.20 bits per heavy atom. The fraction of sp³-hybridized carbons (Fsp3) is 0.684. The van der Waals surface area contributed by atoms with E-state index in [9.17, 15) is 4.79 Å². The van der Waals surface area contributed by atoms with Crippen LogP contribution < -0.4 is 10.6 Å². The molecule has 2 N–H and O–H groups in total. The van der Waals surface area contributed by atoms with Crippen molar-refractivity contribution in [3.05, 3.63) is 23.4 Å². The van der Waals surface area contributed by atoms with Gasteiger partial charge >= 0.3 is 0 Å². The summed E-state index contributed by atoms with van der Waals surface area (Å²) in [6, 6.07) is 4.24. The van der Waals surface area contributed by atoms with Crippen LogP contribution in [0.1, 0.15) is 61.0 Å². The van der Waals surface area contributed by atoms with Gasteiger partial charge in [0.25, 0.3) is 5.91 Å². The predicted molar refractivity (Wildman–Crippen MR) is 101 cm³/mol. The van der Waals surface area contributed by atoms with Crippen LogP contribution in [0.25, 0.3) is 0 Å². The number of rotatable bonds is 6. The van der Waals surface area contributed by atoms with Crippen molar-refractivity contribution >= 4 is 17.7 Å². The highest BCUT2D eigenvalue weighted by molar-refractivity contribution is 7.99. The summed E-state index contributed by atoms with van der Waals surface area (Å²) in [7, 11) is 0. The molecule has 0 aromatic carbocycles. The van der Waals surface area contributed by atoms with Crippen LogP contribution in [0.5, 0.6) is 0 Å². The summed E-state index contributed by atoms with van der Waals surface area (Å²) < 4.78 is 5.37. The fourth-order valence-corrected chi connectivity index (χ4v) is 4.26. The summed E-state index contributed by atoms with van der Waals surface area (Å²) in [5, 5.41) is 7.50. The molecule has 2 fully saturated rings. The summed E-state index contributed by atoms with van der Waals surface area (Å²) in [5.74, 6) is 1.45. The number of carbonyl (C=O) groups excluding carboxylic acids is 1. The zero-order valence-electron chi connectivity index (χ0n) is 15.1. The minimum absolute atomic E-state index is 0.00585. The Morgan fingerprint density at radius 3 is 2.92 bits per heavy atom. The Labute approximate surface area is 154 Å². The van der Waals surface area contributed by atoms with Gasteiger partial charge < -0.3 is 15.4 Å². The van der Waals surface area contributed by atoms with Crippen molar-refractivity contribution in [1.29, 1.82) is 0 Å². The maximum Gasteiger partial charge on any atom is 0.254 e. The molecular formula is C19H29N3O2S. The summed E-state index contributed by atoms with van der Waals surface area (Å²) >= 11 is 1.70. The summed E-state index contributed by atoms with van der Waals surface area (Å²) in [6.07, 6.45) is 5.22. The van der Waals surface area contributed by atoms with Crippen molar-refractivity contribution in [2.45, 2.75) is 56.0 Å². The van der Waals surface area contributed by atoms with Gasteiger partial charge in [-0.2, -0.15) is 0 Å². The van der Waals surface area contributed by atoms with Crippen molar-refractivity contribution in [3.63, 3.8) is 0 Å². The Kier molecular flexibility index (Phi) is 7.13. The van der Waals surface area contributed by atoms with Crippen molar-refractivity contribution in [2.24, 2.45) is 0 Å². The largest absolute Gasteiger partial charge is 0.381 e. The van der Waals surface area contributed by atoms with Gasteiger partial charge in [0, 0.05) is 37.4 Å². The van der Waals surface area contributed by atoms with E-state index >= 15 is 0 Å². The Morgan fingerprint density at radius 1 is 1.36 bits per heavy atom. The van der Waals surface area contributed by atoms with Gasteiger partial charge in [-0.1, -0.05) is 6.92 Å². The van der Waals surface area contributed by atoms with Gasteiger partial charge in [0.2, 0.25) is 0 Å². The number of carbonyl (C=O) groups is 1. The van der Waals surface area contributed by atoms with E-state index in [1.807, 2.05) is 12.1 Å². The molecule has 1 aromatic heterocycles. The lowest BCUT2D eigenvalue weighted by Crippen LogP contribution is -2.39. The van der Waals surface area contributed by atoms with E-state index in [2.05, 4.69) is 17.6 Å². The van der Waals surface area contributed by atoms with Crippen molar-refractivity contribution in [3.8, 4) is 0 Å². The molecule has 0 saturated carbocycles. The molecular weight excluding hydrogens is 334 g/mol. The number of nitrogens with zero attached hydrogens (tertiary/aromatic N) is 1. The second-order valence-corrected chi connectivity index (χ2v) is 7.92. The average Bonchev–Trinajstić information content (AvgIpc) is 2.67. The summed E-state index contributed by atoms with van der Waals surface area (Å²) in [4.78, 5) is 17.7. The predicted octanol–water partition coefficient (Wildman–Crippen LogP) is 2.96. The van der Waals surface area contributed by atoms with Crippen molar-refractivity contribution in [1.82, 2.24) is 15.6 Å². The first-order chi connectivity index (χ1) is 12.3. The molecule has 2 aliphatic rings. The van der Waals surface area contributed by atoms with Crippen LogP contribution in [-0.4, -0.2) is 49.0 Å². The van der Waals surface area contributed by atoms with Crippen LogP contribution in [0.3, 0.4) is 0 Å². The lowest BCUT2D eigenvalue weighted by molar-refractivity contribution is 0.0695. The Hall–Kier alpha value is -1.11. The highest BCUT2D eigenvalue weighted by Crippen LogP contribution is 2.27. The molecule has 3 rings (SSSR count). The van der Waals surface area contributed by atoms with E-state index in [-0.39, 0.29) is 11.9 Å². The Balaban J connectivity index is 1.74. The van der Waals surface area contributed by atoms with Gasteiger partial charge in [-0.3, -0.25) is 4.79 Å². The maximum atomic E-state index is 12.8. The SMILES string of the molecule is CCCSc1nc(C2CCCNC2)ccc1C(=O)NC1CCOCC1. The number of pyridine rings is 1. The highest BCUT2D eigenvalue weighted by Gasteiger charge is 2.22.